The van der Waals surface area contributed by atoms with Gasteiger partial charge in [-0.25, -0.2) is 13.1 Å². The van der Waals surface area contributed by atoms with Crippen LogP contribution in [0.15, 0.2) is 29.2 Å². The van der Waals surface area contributed by atoms with Crippen molar-refractivity contribution in [2.24, 2.45) is 0 Å². The minimum atomic E-state index is -3.68. The summed E-state index contributed by atoms with van der Waals surface area (Å²) in [4.78, 5) is 12.6. The van der Waals surface area contributed by atoms with E-state index in [9.17, 15) is 13.2 Å². The molecule has 2 aromatic rings. The van der Waals surface area contributed by atoms with Gasteiger partial charge in [-0.3, -0.25) is 9.89 Å². The Hall–Kier alpha value is -1.94. The van der Waals surface area contributed by atoms with Crippen molar-refractivity contribution in [3.8, 4) is 0 Å². The van der Waals surface area contributed by atoms with Crippen LogP contribution in [0.1, 0.15) is 42.5 Å². The average molecular weight is 414 g/mol. The van der Waals surface area contributed by atoms with Gasteiger partial charge in [0.25, 0.3) is 5.91 Å². The molecule has 0 aliphatic carbocycles. The molecule has 0 atom stereocenters. The molecule has 27 heavy (non-hydrogen) atoms. The molecule has 1 aliphatic heterocycles. The third kappa shape index (κ3) is 5.07. The first-order chi connectivity index (χ1) is 12.2. The number of nitrogens with one attached hydrogen (secondary N) is 4. The van der Waals surface area contributed by atoms with Crippen LogP contribution in [0, 0.1) is 0 Å². The van der Waals surface area contributed by atoms with Crippen molar-refractivity contribution in [3.63, 3.8) is 0 Å². The van der Waals surface area contributed by atoms with E-state index >= 15 is 0 Å². The molecule has 0 bridgehead atoms. The van der Waals surface area contributed by atoms with Crippen LogP contribution >= 0.6 is 12.4 Å². The van der Waals surface area contributed by atoms with Gasteiger partial charge in [-0.15, -0.1) is 12.4 Å². The first-order valence-corrected chi connectivity index (χ1v) is 9.86. The number of aromatic nitrogens is 2. The highest BCUT2D eigenvalue weighted by Gasteiger charge is 2.24. The number of fused-ring (bicyclic) bond motifs is 1. The number of H-pyrrole nitrogens is 1. The Balaban J connectivity index is 0.00000261. The predicted octanol–water partition coefficient (Wildman–Crippen LogP) is 1.81. The van der Waals surface area contributed by atoms with Crippen molar-refractivity contribution in [1.29, 1.82) is 0 Å². The second-order valence-corrected chi connectivity index (χ2v) is 8.98. The van der Waals surface area contributed by atoms with Crippen molar-refractivity contribution < 1.29 is 13.2 Å². The molecular formula is C17H24ClN5O3S. The van der Waals surface area contributed by atoms with E-state index in [1.807, 2.05) is 0 Å². The van der Waals surface area contributed by atoms with Gasteiger partial charge in [-0.2, -0.15) is 5.10 Å². The van der Waals surface area contributed by atoms with Crippen LogP contribution in [0.5, 0.6) is 0 Å². The minimum Gasteiger partial charge on any atom is -0.321 e. The fraction of sp³-hybridized carbons (Fsp3) is 0.412. The lowest BCUT2D eigenvalue weighted by Crippen LogP contribution is -2.40. The molecular weight excluding hydrogens is 390 g/mol. The Morgan fingerprint density at radius 3 is 2.70 bits per heavy atom. The number of carbonyl (C=O) groups is 1. The largest absolute Gasteiger partial charge is 0.321 e. The van der Waals surface area contributed by atoms with Gasteiger partial charge in [0.15, 0.2) is 5.69 Å². The third-order valence-electron chi connectivity index (χ3n) is 3.86. The van der Waals surface area contributed by atoms with Crippen LogP contribution in [0.2, 0.25) is 0 Å². The van der Waals surface area contributed by atoms with Gasteiger partial charge >= 0.3 is 0 Å². The van der Waals surface area contributed by atoms with Crippen molar-refractivity contribution in [1.82, 2.24) is 20.2 Å². The predicted molar refractivity (Wildman–Crippen MR) is 106 cm³/mol. The number of sulfonamides is 1. The van der Waals surface area contributed by atoms with E-state index in [1.54, 1.807) is 32.9 Å². The Labute approximate surface area is 165 Å². The molecule has 0 saturated heterocycles. The number of nitrogens with zero attached hydrogens (tertiary/aromatic N) is 1. The van der Waals surface area contributed by atoms with Crippen LogP contribution in [0.25, 0.3) is 0 Å². The zero-order chi connectivity index (χ0) is 18.9. The number of halogens is 1. The number of carbonyl (C=O) groups excluding carboxylic acids is 1. The Morgan fingerprint density at radius 1 is 1.26 bits per heavy atom. The number of hydrogen-bond acceptors (Lipinski definition) is 5. The van der Waals surface area contributed by atoms with E-state index in [0.29, 0.717) is 17.9 Å². The van der Waals surface area contributed by atoms with Crippen molar-refractivity contribution in [2.75, 3.05) is 11.9 Å². The number of amides is 1. The van der Waals surface area contributed by atoms with E-state index in [1.165, 1.54) is 12.1 Å². The molecule has 10 heteroatoms. The van der Waals surface area contributed by atoms with Gasteiger partial charge in [0.05, 0.1) is 4.90 Å². The maximum atomic E-state index is 12.6. The van der Waals surface area contributed by atoms with E-state index < -0.39 is 15.6 Å². The highest BCUT2D eigenvalue weighted by Crippen LogP contribution is 2.20. The lowest BCUT2D eigenvalue weighted by Gasteiger charge is -2.20. The summed E-state index contributed by atoms with van der Waals surface area (Å²) in [6.07, 6.45) is 0.793. The van der Waals surface area contributed by atoms with E-state index in [2.05, 4.69) is 25.6 Å². The topological polar surface area (TPSA) is 116 Å². The minimum absolute atomic E-state index is 0. The molecule has 1 aliphatic rings. The Kier molecular flexibility index (Phi) is 6.31. The van der Waals surface area contributed by atoms with Gasteiger partial charge in [0, 0.05) is 42.0 Å². The molecule has 4 N–H and O–H groups in total. The maximum absolute atomic E-state index is 12.6. The zero-order valence-electron chi connectivity index (χ0n) is 15.4. The molecule has 0 unspecified atom stereocenters. The normalized spacial score (nSPS) is 14.2. The summed E-state index contributed by atoms with van der Waals surface area (Å²) in [6.45, 7) is 6.73. The summed E-state index contributed by atoms with van der Waals surface area (Å²) in [7, 11) is -3.68. The first-order valence-electron chi connectivity index (χ1n) is 8.38. The standard InChI is InChI=1S/C17H23N5O3S.ClH/c1-17(2,3)22-26(24,25)12-6-4-5-11(9-12)19-16(23)15-13-10-18-8-7-14(13)20-21-15;/h4-6,9,18,22H,7-8,10H2,1-3H3,(H,19,23)(H,20,21);1H. The number of benzene rings is 1. The fourth-order valence-corrected chi connectivity index (χ4v) is 4.27. The quantitative estimate of drug-likeness (QED) is 0.610. The summed E-state index contributed by atoms with van der Waals surface area (Å²) in [5, 5.41) is 12.9. The van der Waals surface area contributed by atoms with Gasteiger partial charge in [-0.1, -0.05) is 6.07 Å². The number of hydrogen-bond donors (Lipinski definition) is 4. The molecule has 8 nitrogen and oxygen atoms in total. The van der Waals surface area contributed by atoms with Crippen molar-refractivity contribution in [2.45, 2.75) is 44.2 Å². The monoisotopic (exact) mass is 413 g/mol. The molecule has 0 radical (unpaired) electrons. The van der Waals surface area contributed by atoms with Gasteiger partial charge in [0.1, 0.15) is 0 Å². The zero-order valence-corrected chi connectivity index (χ0v) is 17.1. The van der Waals surface area contributed by atoms with Crippen molar-refractivity contribution >= 4 is 34.0 Å². The molecule has 148 valence electrons. The maximum Gasteiger partial charge on any atom is 0.276 e. The van der Waals surface area contributed by atoms with Gasteiger partial charge in [0.2, 0.25) is 10.0 Å². The Morgan fingerprint density at radius 2 is 2.00 bits per heavy atom. The van der Waals surface area contributed by atoms with E-state index in [-0.39, 0.29) is 23.2 Å². The number of rotatable bonds is 4. The van der Waals surface area contributed by atoms with Crippen LogP contribution in [-0.4, -0.2) is 36.6 Å². The highest BCUT2D eigenvalue weighted by atomic mass is 35.5. The van der Waals surface area contributed by atoms with Crippen molar-refractivity contribution in [3.05, 3.63) is 41.2 Å². The average Bonchev–Trinajstić information content (AvgIpc) is 2.97. The molecule has 2 heterocycles. The molecule has 1 aromatic carbocycles. The third-order valence-corrected chi connectivity index (χ3v) is 5.62. The van der Waals surface area contributed by atoms with Crippen LogP contribution < -0.4 is 15.4 Å². The smallest absolute Gasteiger partial charge is 0.276 e. The van der Waals surface area contributed by atoms with Gasteiger partial charge in [-0.05, 0) is 39.0 Å². The SMILES string of the molecule is CC(C)(C)NS(=O)(=O)c1cccc(NC(=O)c2n[nH]c3c2CNCC3)c1.Cl. The molecule has 1 amide bonds. The second-order valence-electron chi connectivity index (χ2n) is 7.29. The lowest BCUT2D eigenvalue weighted by molar-refractivity contribution is 0.102. The fourth-order valence-electron chi connectivity index (χ4n) is 2.81. The number of anilines is 1. The van der Waals surface area contributed by atoms with E-state index in [4.69, 9.17) is 0 Å². The first kappa shape index (κ1) is 21.4. The molecule has 0 saturated carbocycles. The van der Waals surface area contributed by atoms with Gasteiger partial charge < -0.3 is 10.6 Å². The van der Waals surface area contributed by atoms with E-state index in [0.717, 1.165) is 24.2 Å². The van der Waals surface area contributed by atoms with Crippen LogP contribution in [0.4, 0.5) is 5.69 Å². The lowest BCUT2D eigenvalue weighted by atomic mass is 10.1. The summed E-state index contributed by atoms with van der Waals surface area (Å²) in [5.74, 6) is -0.371. The summed E-state index contributed by atoms with van der Waals surface area (Å²) in [5.41, 5.74) is 1.94. The highest BCUT2D eigenvalue weighted by molar-refractivity contribution is 7.89. The summed E-state index contributed by atoms with van der Waals surface area (Å²) in [6, 6.07) is 6.16. The molecule has 3 rings (SSSR count). The van der Waals surface area contributed by atoms with Crippen LogP contribution in [0.3, 0.4) is 0 Å². The second kappa shape index (κ2) is 7.97. The molecule has 0 fully saturated rings. The molecule has 0 spiro atoms. The molecule has 1 aromatic heterocycles. The summed E-state index contributed by atoms with van der Waals surface area (Å²) >= 11 is 0. The van der Waals surface area contributed by atoms with Crippen LogP contribution in [-0.2, 0) is 23.0 Å². The number of aromatic amines is 1. The Bertz CT molecular complexity index is 934. The summed E-state index contributed by atoms with van der Waals surface area (Å²) < 4.78 is 27.5.